The first-order chi connectivity index (χ1) is 12.2. The molecule has 3 aromatic rings. The van der Waals surface area contributed by atoms with Crippen LogP contribution in [0.25, 0.3) is 6.08 Å². The lowest BCUT2D eigenvalue weighted by molar-refractivity contribution is -0.402. The number of hydrogen-bond acceptors (Lipinski definition) is 8. The summed E-state index contributed by atoms with van der Waals surface area (Å²) in [7, 11) is 0. The third-order valence-corrected chi connectivity index (χ3v) is 4.90. The van der Waals surface area contributed by atoms with E-state index in [0.717, 1.165) is 22.4 Å². The van der Waals surface area contributed by atoms with Crippen LogP contribution in [0.3, 0.4) is 0 Å². The van der Waals surface area contributed by atoms with E-state index >= 15 is 0 Å². The Morgan fingerprint density at radius 2 is 2.08 bits per heavy atom. The van der Waals surface area contributed by atoms with E-state index in [2.05, 4.69) is 27.6 Å². The molecule has 0 spiro atoms. The van der Waals surface area contributed by atoms with Crippen LogP contribution in [-0.4, -0.2) is 21.7 Å². The van der Waals surface area contributed by atoms with Crippen LogP contribution >= 0.6 is 23.1 Å². The van der Waals surface area contributed by atoms with Gasteiger partial charge in [0, 0.05) is 6.54 Å². The van der Waals surface area contributed by atoms with Gasteiger partial charge in [-0.05, 0) is 29.5 Å². The first-order valence-electron chi connectivity index (χ1n) is 7.39. The van der Waals surface area contributed by atoms with Crippen molar-refractivity contribution < 1.29 is 9.34 Å². The van der Waals surface area contributed by atoms with E-state index in [0.29, 0.717) is 5.76 Å². The van der Waals surface area contributed by atoms with E-state index in [1.807, 2.05) is 18.2 Å². The molecule has 25 heavy (non-hydrogen) atoms. The summed E-state index contributed by atoms with van der Waals surface area (Å²) in [4.78, 5) is 9.98. The fraction of sp³-hybridized carbons (Fsp3) is 0.125. The zero-order valence-corrected chi connectivity index (χ0v) is 14.6. The maximum Gasteiger partial charge on any atom is 0.433 e. The minimum Gasteiger partial charge on any atom is -0.401 e. The molecule has 0 atom stereocenters. The van der Waals surface area contributed by atoms with Crippen molar-refractivity contribution in [2.75, 3.05) is 11.9 Å². The van der Waals surface area contributed by atoms with Crippen molar-refractivity contribution in [3.8, 4) is 0 Å². The quantitative estimate of drug-likeness (QED) is 0.353. The zero-order chi connectivity index (χ0) is 17.5. The van der Waals surface area contributed by atoms with Crippen LogP contribution in [-0.2, 0) is 6.42 Å². The first kappa shape index (κ1) is 17.2. The van der Waals surface area contributed by atoms with Gasteiger partial charge in [0.15, 0.2) is 4.34 Å². The second kappa shape index (κ2) is 8.45. The third kappa shape index (κ3) is 5.16. The summed E-state index contributed by atoms with van der Waals surface area (Å²) in [5, 5.41) is 24.5. The Morgan fingerprint density at radius 1 is 1.24 bits per heavy atom. The van der Waals surface area contributed by atoms with Crippen LogP contribution in [0.4, 0.5) is 11.0 Å². The molecule has 0 radical (unpaired) electrons. The summed E-state index contributed by atoms with van der Waals surface area (Å²) < 4.78 is 5.82. The first-order valence-corrected chi connectivity index (χ1v) is 9.09. The molecule has 0 aliphatic carbocycles. The summed E-state index contributed by atoms with van der Waals surface area (Å²) in [5.74, 6) is 0.149. The molecule has 0 saturated carbocycles. The lowest BCUT2D eigenvalue weighted by Crippen LogP contribution is -2.04. The minimum atomic E-state index is -0.567. The average Bonchev–Trinajstić information content (AvgIpc) is 3.26. The van der Waals surface area contributed by atoms with Gasteiger partial charge in [0.25, 0.3) is 0 Å². The van der Waals surface area contributed by atoms with E-state index in [4.69, 9.17) is 4.42 Å². The van der Waals surface area contributed by atoms with E-state index in [9.17, 15) is 10.1 Å². The molecule has 1 aromatic carbocycles. The van der Waals surface area contributed by atoms with E-state index in [1.165, 1.54) is 34.7 Å². The minimum absolute atomic E-state index is 0.273. The van der Waals surface area contributed by atoms with E-state index in [-0.39, 0.29) is 5.88 Å². The molecular weight excluding hydrogens is 360 g/mol. The Kier molecular flexibility index (Phi) is 5.81. The van der Waals surface area contributed by atoms with Gasteiger partial charge in [-0.25, -0.2) is 0 Å². The highest BCUT2D eigenvalue weighted by atomic mass is 32.2. The Hall–Kier alpha value is -2.65. The standard InChI is InChI=1S/C16H14N4O3S2/c21-20(22)14-7-6-13(23-14)9-11-24-16-19-18-15(25-16)17-10-8-12-4-2-1-3-5-12/h1-7,9,11H,8,10H2,(H,17,18)/b11-9+. The molecule has 9 heteroatoms. The van der Waals surface area contributed by atoms with Gasteiger partial charge >= 0.3 is 5.88 Å². The molecule has 0 unspecified atom stereocenters. The number of hydrogen-bond donors (Lipinski definition) is 1. The van der Waals surface area contributed by atoms with Gasteiger partial charge < -0.3 is 9.73 Å². The van der Waals surface area contributed by atoms with Crippen LogP contribution in [0.15, 0.2) is 56.6 Å². The molecule has 0 aliphatic rings. The Morgan fingerprint density at radius 3 is 2.84 bits per heavy atom. The van der Waals surface area contributed by atoms with Crippen LogP contribution < -0.4 is 5.32 Å². The van der Waals surface area contributed by atoms with E-state index < -0.39 is 4.92 Å². The topological polar surface area (TPSA) is 94.1 Å². The largest absolute Gasteiger partial charge is 0.433 e. The maximum atomic E-state index is 10.5. The second-order valence-electron chi connectivity index (χ2n) is 4.89. The smallest absolute Gasteiger partial charge is 0.401 e. The number of nitro groups is 1. The van der Waals surface area contributed by atoms with Crippen molar-refractivity contribution in [3.05, 3.63) is 69.3 Å². The fourth-order valence-corrected chi connectivity index (χ4v) is 3.48. The molecule has 2 aromatic heterocycles. The molecule has 1 N–H and O–H groups in total. The molecule has 0 amide bonds. The highest BCUT2D eigenvalue weighted by Crippen LogP contribution is 2.27. The highest BCUT2D eigenvalue weighted by Gasteiger charge is 2.10. The highest BCUT2D eigenvalue weighted by molar-refractivity contribution is 8.03. The number of aromatic nitrogens is 2. The molecule has 7 nitrogen and oxygen atoms in total. The van der Waals surface area contributed by atoms with Crippen LogP contribution in [0, 0.1) is 10.1 Å². The number of rotatable bonds is 8. The summed E-state index contributed by atoms with van der Waals surface area (Å²) >= 11 is 2.83. The van der Waals surface area contributed by atoms with Gasteiger partial charge in [-0.2, -0.15) is 0 Å². The molecule has 0 bridgehead atoms. The van der Waals surface area contributed by atoms with Crippen molar-refractivity contribution in [3.63, 3.8) is 0 Å². The number of furan rings is 1. The Balaban J connectivity index is 1.46. The fourth-order valence-electron chi connectivity index (χ4n) is 1.98. The summed E-state index contributed by atoms with van der Waals surface area (Å²) in [6, 6.07) is 13.1. The van der Waals surface area contributed by atoms with Gasteiger partial charge in [-0.15, -0.1) is 10.2 Å². The van der Waals surface area contributed by atoms with Crippen LogP contribution in [0.5, 0.6) is 0 Å². The van der Waals surface area contributed by atoms with Crippen molar-refractivity contribution in [2.24, 2.45) is 0 Å². The number of anilines is 1. The molecule has 0 aliphatic heterocycles. The van der Waals surface area contributed by atoms with Crippen molar-refractivity contribution >= 4 is 40.2 Å². The predicted molar refractivity (Wildman–Crippen MR) is 98.8 cm³/mol. The SMILES string of the molecule is O=[N+]([O-])c1ccc(/C=C/Sc2nnc(NCCc3ccccc3)s2)o1. The molecule has 0 fully saturated rings. The number of nitrogens with one attached hydrogen (secondary N) is 1. The maximum absolute atomic E-state index is 10.5. The van der Waals surface area contributed by atoms with Gasteiger partial charge in [0.05, 0.1) is 6.07 Å². The second-order valence-corrected chi connectivity index (χ2v) is 7.02. The number of benzene rings is 1. The Bertz CT molecular complexity index is 861. The molecule has 3 rings (SSSR count). The van der Waals surface area contributed by atoms with Crippen molar-refractivity contribution in [1.82, 2.24) is 10.2 Å². The van der Waals surface area contributed by atoms with Gasteiger partial charge in [-0.3, -0.25) is 10.1 Å². The van der Waals surface area contributed by atoms with Crippen molar-refractivity contribution in [2.45, 2.75) is 10.8 Å². The average molecular weight is 374 g/mol. The predicted octanol–water partition coefficient (Wildman–Crippen LogP) is 4.46. The summed E-state index contributed by atoms with van der Waals surface area (Å²) in [5.41, 5.74) is 1.27. The number of thioether (sulfide) groups is 1. The summed E-state index contributed by atoms with van der Waals surface area (Å²) in [6.07, 6.45) is 2.57. The Labute approximate surface area is 151 Å². The molecular formula is C16H14N4O3S2. The van der Waals surface area contributed by atoms with Gasteiger partial charge in [0.2, 0.25) is 5.13 Å². The van der Waals surface area contributed by atoms with Gasteiger partial charge in [0.1, 0.15) is 10.7 Å². The number of nitrogens with zero attached hydrogens (tertiary/aromatic N) is 3. The van der Waals surface area contributed by atoms with E-state index in [1.54, 1.807) is 17.6 Å². The van der Waals surface area contributed by atoms with Gasteiger partial charge in [-0.1, -0.05) is 53.4 Å². The normalized spacial score (nSPS) is 11.0. The zero-order valence-electron chi connectivity index (χ0n) is 13.0. The monoisotopic (exact) mass is 374 g/mol. The lowest BCUT2D eigenvalue weighted by atomic mass is 10.2. The molecule has 0 saturated heterocycles. The molecule has 128 valence electrons. The van der Waals surface area contributed by atoms with Crippen LogP contribution in [0.2, 0.25) is 0 Å². The molecule has 2 heterocycles. The van der Waals surface area contributed by atoms with Crippen LogP contribution in [0.1, 0.15) is 11.3 Å². The third-order valence-electron chi connectivity index (χ3n) is 3.13. The lowest BCUT2D eigenvalue weighted by Gasteiger charge is -2.01. The summed E-state index contributed by atoms with van der Waals surface area (Å²) in [6.45, 7) is 0.787. The van der Waals surface area contributed by atoms with Crippen molar-refractivity contribution in [1.29, 1.82) is 0 Å².